The first-order valence-corrected chi connectivity index (χ1v) is 8.24. The topological polar surface area (TPSA) is 32.3 Å². The lowest BCUT2D eigenvalue weighted by molar-refractivity contribution is -0.130. The molecular formula is C16H23BrN2O. The lowest BCUT2D eigenvalue weighted by Gasteiger charge is -2.20. The van der Waals surface area contributed by atoms with E-state index in [1.807, 2.05) is 4.90 Å². The van der Waals surface area contributed by atoms with Gasteiger partial charge >= 0.3 is 0 Å². The summed E-state index contributed by atoms with van der Waals surface area (Å²) in [6, 6.07) is 6.19. The minimum atomic E-state index is 0.283. The van der Waals surface area contributed by atoms with E-state index in [0.29, 0.717) is 13.0 Å². The average Bonchev–Trinajstić information content (AvgIpc) is 2.71. The van der Waals surface area contributed by atoms with E-state index in [-0.39, 0.29) is 5.91 Å². The molecule has 1 aromatic rings. The Morgan fingerprint density at radius 1 is 1.25 bits per heavy atom. The van der Waals surface area contributed by atoms with Crippen molar-refractivity contribution in [3.05, 3.63) is 28.2 Å². The first-order chi connectivity index (χ1) is 9.66. The fourth-order valence-corrected chi connectivity index (χ4v) is 2.87. The van der Waals surface area contributed by atoms with E-state index in [2.05, 4.69) is 46.4 Å². The van der Waals surface area contributed by atoms with E-state index in [1.165, 1.54) is 18.4 Å². The number of nitrogens with zero attached hydrogens (tertiary/aromatic N) is 1. The number of carbonyl (C=O) groups is 1. The normalized spacial score (nSPS) is 15.8. The molecule has 0 saturated carbocycles. The fourth-order valence-electron chi connectivity index (χ4n) is 2.49. The molecule has 0 aliphatic carbocycles. The number of benzene rings is 1. The molecule has 1 aliphatic rings. The van der Waals surface area contributed by atoms with Crippen LogP contribution in [-0.4, -0.2) is 30.4 Å². The molecule has 20 heavy (non-hydrogen) atoms. The number of halogens is 1. The highest BCUT2D eigenvalue weighted by molar-refractivity contribution is 9.10. The maximum atomic E-state index is 12.1. The van der Waals surface area contributed by atoms with Crippen LogP contribution in [0.3, 0.4) is 0 Å². The number of hydrogen-bond donors (Lipinski definition) is 1. The smallest absolute Gasteiger partial charge is 0.224 e. The van der Waals surface area contributed by atoms with Crippen molar-refractivity contribution >= 4 is 27.5 Å². The molecule has 0 atom stereocenters. The van der Waals surface area contributed by atoms with Crippen LogP contribution >= 0.6 is 15.9 Å². The second-order valence-electron chi connectivity index (χ2n) is 5.44. The van der Waals surface area contributed by atoms with Gasteiger partial charge in [-0.05, 0) is 37.5 Å². The van der Waals surface area contributed by atoms with Gasteiger partial charge in [0, 0.05) is 36.2 Å². The van der Waals surface area contributed by atoms with Gasteiger partial charge in [0.15, 0.2) is 0 Å². The molecule has 2 rings (SSSR count). The maximum absolute atomic E-state index is 12.1. The standard InChI is InChI=1S/C16H23BrN2O/c1-13-6-7-14(12-15(13)17)18-9-8-16(20)19-10-4-2-3-5-11-19/h6-7,12,18H,2-5,8-11H2,1H3. The minimum absolute atomic E-state index is 0.283. The van der Waals surface area contributed by atoms with Gasteiger partial charge in [0.05, 0.1) is 0 Å². The predicted molar refractivity (Wildman–Crippen MR) is 87.0 cm³/mol. The van der Waals surface area contributed by atoms with Gasteiger partial charge in [-0.1, -0.05) is 34.8 Å². The summed E-state index contributed by atoms with van der Waals surface area (Å²) in [5, 5.41) is 3.32. The second-order valence-corrected chi connectivity index (χ2v) is 6.29. The zero-order valence-corrected chi connectivity index (χ0v) is 13.7. The average molecular weight is 339 g/mol. The molecule has 1 fully saturated rings. The molecule has 4 heteroatoms. The Kier molecular flexibility index (Phi) is 5.89. The fraction of sp³-hybridized carbons (Fsp3) is 0.562. The van der Waals surface area contributed by atoms with Crippen LogP contribution < -0.4 is 5.32 Å². The second kappa shape index (κ2) is 7.67. The summed E-state index contributed by atoms with van der Waals surface area (Å²) >= 11 is 3.52. The molecule has 1 heterocycles. The largest absolute Gasteiger partial charge is 0.384 e. The maximum Gasteiger partial charge on any atom is 0.224 e. The van der Waals surface area contributed by atoms with Crippen LogP contribution in [0.4, 0.5) is 5.69 Å². The summed E-state index contributed by atoms with van der Waals surface area (Å²) in [7, 11) is 0. The Bertz CT molecular complexity index is 454. The van der Waals surface area contributed by atoms with Gasteiger partial charge in [0.25, 0.3) is 0 Å². The van der Waals surface area contributed by atoms with E-state index in [0.717, 1.165) is 36.1 Å². The molecule has 1 aliphatic heterocycles. The van der Waals surface area contributed by atoms with Crippen molar-refractivity contribution < 1.29 is 4.79 Å². The van der Waals surface area contributed by atoms with Crippen LogP contribution in [0.15, 0.2) is 22.7 Å². The first kappa shape index (κ1) is 15.4. The molecule has 1 N–H and O–H groups in total. The number of carbonyl (C=O) groups excluding carboxylic acids is 1. The molecule has 0 unspecified atom stereocenters. The minimum Gasteiger partial charge on any atom is -0.384 e. The molecule has 0 radical (unpaired) electrons. The monoisotopic (exact) mass is 338 g/mol. The van der Waals surface area contributed by atoms with Crippen LogP contribution in [0.25, 0.3) is 0 Å². The lowest BCUT2D eigenvalue weighted by Crippen LogP contribution is -2.32. The summed E-state index contributed by atoms with van der Waals surface area (Å²) in [6.07, 6.45) is 5.42. The van der Waals surface area contributed by atoms with Crippen molar-refractivity contribution in [2.24, 2.45) is 0 Å². The van der Waals surface area contributed by atoms with E-state index >= 15 is 0 Å². The Morgan fingerprint density at radius 3 is 2.60 bits per heavy atom. The number of rotatable bonds is 4. The molecule has 1 amide bonds. The van der Waals surface area contributed by atoms with Crippen LogP contribution in [0.5, 0.6) is 0 Å². The van der Waals surface area contributed by atoms with Gasteiger partial charge in [-0.25, -0.2) is 0 Å². The number of anilines is 1. The van der Waals surface area contributed by atoms with Gasteiger partial charge in [-0.15, -0.1) is 0 Å². The van der Waals surface area contributed by atoms with Crippen molar-refractivity contribution in [1.82, 2.24) is 4.90 Å². The number of aryl methyl sites for hydroxylation is 1. The van der Waals surface area contributed by atoms with Crippen molar-refractivity contribution in [3.8, 4) is 0 Å². The van der Waals surface area contributed by atoms with Crippen LogP contribution in [-0.2, 0) is 4.79 Å². The molecule has 110 valence electrons. The summed E-state index contributed by atoms with van der Waals surface area (Å²) in [4.78, 5) is 14.2. The van der Waals surface area contributed by atoms with Crippen LogP contribution in [0.2, 0.25) is 0 Å². The van der Waals surface area contributed by atoms with E-state index in [9.17, 15) is 4.79 Å². The van der Waals surface area contributed by atoms with Gasteiger partial charge in [-0.3, -0.25) is 4.79 Å². The van der Waals surface area contributed by atoms with Crippen molar-refractivity contribution in [3.63, 3.8) is 0 Å². The third kappa shape index (κ3) is 4.51. The molecule has 0 spiro atoms. The van der Waals surface area contributed by atoms with E-state index < -0.39 is 0 Å². The Morgan fingerprint density at radius 2 is 1.95 bits per heavy atom. The highest BCUT2D eigenvalue weighted by Crippen LogP contribution is 2.20. The summed E-state index contributed by atoms with van der Waals surface area (Å²) in [5.41, 5.74) is 2.28. The summed E-state index contributed by atoms with van der Waals surface area (Å²) in [6.45, 7) is 4.64. The molecular weight excluding hydrogens is 316 g/mol. The Balaban J connectivity index is 1.76. The molecule has 0 bridgehead atoms. The lowest BCUT2D eigenvalue weighted by atomic mass is 10.2. The van der Waals surface area contributed by atoms with E-state index in [4.69, 9.17) is 0 Å². The van der Waals surface area contributed by atoms with Gasteiger partial charge in [0.1, 0.15) is 0 Å². The molecule has 0 aromatic heterocycles. The van der Waals surface area contributed by atoms with Crippen molar-refractivity contribution in [1.29, 1.82) is 0 Å². The third-order valence-corrected chi connectivity index (χ3v) is 4.65. The van der Waals surface area contributed by atoms with Crippen molar-refractivity contribution in [2.45, 2.75) is 39.0 Å². The number of nitrogens with one attached hydrogen (secondary N) is 1. The molecule has 1 saturated heterocycles. The number of likely N-dealkylation sites (tertiary alicyclic amines) is 1. The summed E-state index contributed by atoms with van der Waals surface area (Å²) in [5.74, 6) is 0.283. The summed E-state index contributed by atoms with van der Waals surface area (Å²) < 4.78 is 1.10. The van der Waals surface area contributed by atoms with E-state index in [1.54, 1.807) is 0 Å². The quantitative estimate of drug-likeness (QED) is 0.900. The van der Waals surface area contributed by atoms with Crippen molar-refractivity contribution in [2.75, 3.05) is 25.0 Å². The van der Waals surface area contributed by atoms with Gasteiger partial charge in [0.2, 0.25) is 5.91 Å². The third-order valence-electron chi connectivity index (χ3n) is 3.80. The highest BCUT2D eigenvalue weighted by Gasteiger charge is 2.14. The predicted octanol–water partition coefficient (Wildman–Crippen LogP) is 3.96. The number of hydrogen-bond acceptors (Lipinski definition) is 2. The van der Waals surface area contributed by atoms with Gasteiger partial charge in [-0.2, -0.15) is 0 Å². The molecule has 1 aromatic carbocycles. The Hall–Kier alpha value is -1.03. The molecule has 3 nitrogen and oxygen atoms in total. The zero-order valence-electron chi connectivity index (χ0n) is 12.1. The Labute approximate surface area is 129 Å². The zero-order chi connectivity index (χ0) is 14.4. The van der Waals surface area contributed by atoms with Crippen LogP contribution in [0.1, 0.15) is 37.7 Å². The number of amides is 1. The SMILES string of the molecule is Cc1ccc(NCCC(=O)N2CCCCCC2)cc1Br. The highest BCUT2D eigenvalue weighted by atomic mass is 79.9. The first-order valence-electron chi connectivity index (χ1n) is 7.44. The van der Waals surface area contributed by atoms with Gasteiger partial charge < -0.3 is 10.2 Å². The van der Waals surface area contributed by atoms with Crippen LogP contribution in [0, 0.1) is 6.92 Å².